The molecule has 198 valence electrons. The molecule has 0 bridgehead atoms. The van der Waals surface area contributed by atoms with Gasteiger partial charge in [-0.3, -0.25) is 0 Å². The second-order valence-electron chi connectivity index (χ2n) is 9.60. The third kappa shape index (κ3) is 6.53. The van der Waals surface area contributed by atoms with E-state index < -0.39 is 0 Å². The van der Waals surface area contributed by atoms with E-state index in [2.05, 4.69) is 0 Å². The van der Waals surface area contributed by atoms with Gasteiger partial charge in [0.05, 0.1) is 0 Å². The summed E-state index contributed by atoms with van der Waals surface area (Å²) >= 11 is 0. The summed E-state index contributed by atoms with van der Waals surface area (Å²) in [5.74, 6) is -1.86. The number of aromatic hydroxyl groups is 8. The van der Waals surface area contributed by atoms with Gasteiger partial charge in [-0.15, -0.1) is 0 Å². The van der Waals surface area contributed by atoms with E-state index in [-0.39, 0.29) is 57.8 Å². The standard InChI is InChI=1S/C30H30O8/c31-22-8-18(9-23(32)15-22)1-4-20(7-17-2-5-27(35)29(37)11-17)26(21-13-24(33)16-25(34)14-21)10-19-3-6-28(36)30(38)12-19/h2-3,5-6,8-9,11-16,20,26,31-38H,1,4,7,10H2/t20-,26-/m0/s1. The minimum atomic E-state index is -0.321. The molecule has 0 fully saturated rings. The van der Waals surface area contributed by atoms with E-state index in [0.29, 0.717) is 42.4 Å². The maximum absolute atomic E-state index is 10.2. The summed E-state index contributed by atoms with van der Waals surface area (Å²) in [6.45, 7) is 0. The zero-order chi connectivity index (χ0) is 27.4. The molecule has 0 amide bonds. The molecule has 0 aromatic heterocycles. The van der Waals surface area contributed by atoms with Crippen molar-refractivity contribution in [3.05, 3.63) is 95.1 Å². The fourth-order valence-corrected chi connectivity index (χ4v) is 4.94. The molecule has 0 unspecified atom stereocenters. The van der Waals surface area contributed by atoms with Crippen LogP contribution < -0.4 is 0 Å². The zero-order valence-corrected chi connectivity index (χ0v) is 20.5. The Bertz CT molecular complexity index is 1390. The Morgan fingerprint density at radius 2 is 0.921 bits per heavy atom. The highest BCUT2D eigenvalue weighted by Gasteiger charge is 2.26. The predicted octanol–water partition coefficient (Wildman–Crippen LogP) is 5.15. The maximum atomic E-state index is 10.2. The van der Waals surface area contributed by atoms with Gasteiger partial charge in [-0.25, -0.2) is 0 Å². The third-order valence-electron chi connectivity index (χ3n) is 6.72. The van der Waals surface area contributed by atoms with Crippen LogP contribution in [-0.4, -0.2) is 40.9 Å². The van der Waals surface area contributed by atoms with Gasteiger partial charge in [0.2, 0.25) is 0 Å². The molecule has 0 saturated carbocycles. The number of rotatable bonds is 9. The average Bonchev–Trinajstić information content (AvgIpc) is 2.83. The molecule has 0 heterocycles. The quantitative estimate of drug-likeness (QED) is 0.141. The van der Waals surface area contributed by atoms with Gasteiger partial charge >= 0.3 is 0 Å². The third-order valence-corrected chi connectivity index (χ3v) is 6.72. The molecule has 0 aliphatic rings. The molecule has 0 radical (unpaired) electrons. The summed E-state index contributed by atoms with van der Waals surface area (Å²) in [4.78, 5) is 0. The van der Waals surface area contributed by atoms with Crippen LogP contribution in [0.4, 0.5) is 0 Å². The van der Waals surface area contributed by atoms with Crippen molar-refractivity contribution in [2.45, 2.75) is 31.6 Å². The van der Waals surface area contributed by atoms with Gasteiger partial charge in [0.15, 0.2) is 23.0 Å². The van der Waals surface area contributed by atoms with Gasteiger partial charge in [-0.05, 0) is 108 Å². The van der Waals surface area contributed by atoms with Crippen molar-refractivity contribution < 1.29 is 40.9 Å². The summed E-state index contributed by atoms with van der Waals surface area (Å²) in [6.07, 6.45) is 1.81. The van der Waals surface area contributed by atoms with E-state index in [4.69, 9.17) is 0 Å². The molecule has 4 aromatic rings. The van der Waals surface area contributed by atoms with Crippen molar-refractivity contribution in [2.75, 3.05) is 0 Å². The van der Waals surface area contributed by atoms with E-state index in [9.17, 15) is 40.9 Å². The summed E-state index contributed by atoms with van der Waals surface area (Å²) in [5.41, 5.74) is 2.80. The molecule has 0 saturated heterocycles. The molecule has 8 heteroatoms. The van der Waals surface area contributed by atoms with E-state index in [1.54, 1.807) is 36.4 Å². The number of hydrogen-bond donors (Lipinski definition) is 8. The lowest BCUT2D eigenvalue weighted by Crippen LogP contribution is -2.19. The van der Waals surface area contributed by atoms with Gasteiger partial charge in [-0.1, -0.05) is 12.1 Å². The first-order chi connectivity index (χ1) is 18.1. The zero-order valence-electron chi connectivity index (χ0n) is 20.5. The lowest BCUT2D eigenvalue weighted by Gasteiger charge is -2.29. The Labute approximate surface area is 219 Å². The molecule has 2 atom stereocenters. The molecule has 38 heavy (non-hydrogen) atoms. The largest absolute Gasteiger partial charge is 0.508 e. The average molecular weight is 519 g/mol. The highest BCUT2D eigenvalue weighted by Crippen LogP contribution is 2.39. The summed E-state index contributed by atoms with van der Waals surface area (Å²) in [6, 6.07) is 17.9. The van der Waals surface area contributed by atoms with Crippen molar-refractivity contribution >= 4 is 0 Å². The summed E-state index contributed by atoms with van der Waals surface area (Å²) in [5, 5.41) is 80.1. The van der Waals surface area contributed by atoms with Crippen LogP contribution in [0, 0.1) is 5.92 Å². The van der Waals surface area contributed by atoms with Gasteiger partial charge in [-0.2, -0.15) is 0 Å². The molecule has 0 spiro atoms. The minimum absolute atomic E-state index is 0.0611. The topological polar surface area (TPSA) is 162 Å². The number of phenolic OH excluding ortho intramolecular Hbond substituents is 8. The first-order valence-electron chi connectivity index (χ1n) is 12.1. The van der Waals surface area contributed by atoms with Crippen molar-refractivity contribution in [1.82, 2.24) is 0 Å². The van der Waals surface area contributed by atoms with Crippen LogP contribution in [0.5, 0.6) is 46.0 Å². The number of hydrogen-bond acceptors (Lipinski definition) is 8. The van der Waals surface area contributed by atoms with Crippen LogP contribution in [-0.2, 0) is 19.3 Å². The molecule has 8 N–H and O–H groups in total. The Balaban J connectivity index is 1.76. The fourth-order valence-electron chi connectivity index (χ4n) is 4.94. The maximum Gasteiger partial charge on any atom is 0.157 e. The van der Waals surface area contributed by atoms with E-state index >= 15 is 0 Å². The Morgan fingerprint density at radius 1 is 0.447 bits per heavy atom. The summed E-state index contributed by atoms with van der Waals surface area (Å²) < 4.78 is 0. The molecule has 8 nitrogen and oxygen atoms in total. The van der Waals surface area contributed by atoms with Gasteiger partial charge < -0.3 is 40.9 Å². The Hall–Kier alpha value is -4.72. The molecule has 4 rings (SSSR count). The summed E-state index contributed by atoms with van der Waals surface area (Å²) in [7, 11) is 0. The Kier molecular flexibility index (Phi) is 7.71. The van der Waals surface area contributed by atoms with E-state index in [0.717, 1.165) is 5.56 Å². The molecular formula is C30H30O8. The van der Waals surface area contributed by atoms with Gasteiger partial charge in [0.25, 0.3) is 0 Å². The molecule has 0 aliphatic heterocycles. The number of phenols is 8. The first kappa shape index (κ1) is 26.3. The van der Waals surface area contributed by atoms with Crippen LogP contribution in [0.1, 0.15) is 34.6 Å². The van der Waals surface area contributed by atoms with Crippen LogP contribution in [0.15, 0.2) is 72.8 Å². The lowest BCUT2D eigenvalue weighted by atomic mass is 9.75. The molecule has 4 aromatic carbocycles. The van der Waals surface area contributed by atoms with Crippen LogP contribution in [0.3, 0.4) is 0 Å². The minimum Gasteiger partial charge on any atom is -0.508 e. The first-order valence-corrected chi connectivity index (χ1v) is 12.1. The molecular weight excluding hydrogens is 488 g/mol. The highest BCUT2D eigenvalue weighted by atomic mass is 16.3. The van der Waals surface area contributed by atoms with Crippen LogP contribution in [0.2, 0.25) is 0 Å². The van der Waals surface area contributed by atoms with Crippen molar-refractivity contribution in [3.8, 4) is 46.0 Å². The van der Waals surface area contributed by atoms with Crippen molar-refractivity contribution in [2.24, 2.45) is 5.92 Å². The Morgan fingerprint density at radius 3 is 1.42 bits per heavy atom. The van der Waals surface area contributed by atoms with E-state index in [1.807, 2.05) is 0 Å². The normalized spacial score (nSPS) is 12.7. The van der Waals surface area contributed by atoms with Crippen LogP contribution in [0.25, 0.3) is 0 Å². The van der Waals surface area contributed by atoms with Gasteiger partial charge in [0.1, 0.15) is 23.0 Å². The van der Waals surface area contributed by atoms with Gasteiger partial charge in [0, 0.05) is 12.1 Å². The molecule has 0 aliphatic carbocycles. The second-order valence-corrected chi connectivity index (χ2v) is 9.60. The van der Waals surface area contributed by atoms with Crippen molar-refractivity contribution in [3.63, 3.8) is 0 Å². The fraction of sp³-hybridized carbons (Fsp3) is 0.200. The smallest absolute Gasteiger partial charge is 0.157 e. The van der Waals surface area contributed by atoms with E-state index in [1.165, 1.54) is 36.4 Å². The SMILES string of the molecule is Oc1cc(O)cc(CC[C@@H](Cc2ccc(O)c(O)c2)[C@H](Cc2ccc(O)c(O)c2)c2cc(O)cc(O)c2)c1. The predicted molar refractivity (Wildman–Crippen MR) is 141 cm³/mol. The van der Waals surface area contributed by atoms with Crippen LogP contribution >= 0.6 is 0 Å². The number of aryl methyl sites for hydroxylation is 1. The lowest BCUT2D eigenvalue weighted by molar-refractivity contribution is 0.378. The number of benzene rings is 4. The highest BCUT2D eigenvalue weighted by molar-refractivity contribution is 5.44. The second kappa shape index (κ2) is 11.1. The monoisotopic (exact) mass is 518 g/mol. The van der Waals surface area contributed by atoms with Crippen molar-refractivity contribution in [1.29, 1.82) is 0 Å².